The van der Waals surface area contributed by atoms with Crippen LogP contribution >= 0.6 is 0 Å². The van der Waals surface area contributed by atoms with Gasteiger partial charge >= 0.3 is 0 Å². The number of carbonyl (C=O) groups excluding carboxylic acids is 1. The Morgan fingerprint density at radius 2 is 2.47 bits per heavy atom. The number of furan rings is 1. The summed E-state index contributed by atoms with van der Waals surface area (Å²) in [4.78, 5) is 11.7. The van der Waals surface area contributed by atoms with Gasteiger partial charge in [0, 0.05) is 19.8 Å². The van der Waals surface area contributed by atoms with Crippen molar-refractivity contribution >= 4 is 5.91 Å². The molecule has 1 aliphatic heterocycles. The molecule has 1 unspecified atom stereocenters. The number of amides is 1. The first-order valence-corrected chi connectivity index (χ1v) is 6.79. The van der Waals surface area contributed by atoms with Crippen LogP contribution in [0.1, 0.15) is 35.4 Å². The minimum absolute atomic E-state index is 0.0922. The minimum atomic E-state index is -0.0922. The molecular formula is C14H21NO4. The molecule has 5 nitrogen and oxygen atoms in total. The highest BCUT2D eigenvalue weighted by Crippen LogP contribution is 2.12. The Hall–Kier alpha value is -1.33. The van der Waals surface area contributed by atoms with Crippen LogP contribution < -0.4 is 5.32 Å². The maximum Gasteiger partial charge on any atom is 0.254 e. The van der Waals surface area contributed by atoms with Crippen molar-refractivity contribution in [3.8, 4) is 0 Å². The van der Waals surface area contributed by atoms with Crippen molar-refractivity contribution < 1.29 is 18.7 Å². The second-order valence-corrected chi connectivity index (χ2v) is 4.71. The molecule has 0 saturated carbocycles. The van der Waals surface area contributed by atoms with Gasteiger partial charge in [-0.25, -0.2) is 0 Å². The average Bonchev–Trinajstić information content (AvgIpc) is 3.04. The molecule has 0 aliphatic carbocycles. The quantitative estimate of drug-likeness (QED) is 0.767. The fourth-order valence-electron chi connectivity index (χ4n) is 2.08. The predicted octanol–water partition coefficient (Wildman–Crippen LogP) is 1.90. The van der Waals surface area contributed by atoms with Gasteiger partial charge in [-0.3, -0.25) is 4.79 Å². The van der Waals surface area contributed by atoms with Gasteiger partial charge in [-0.15, -0.1) is 0 Å². The molecule has 1 aromatic heterocycles. The van der Waals surface area contributed by atoms with Gasteiger partial charge in [-0.2, -0.15) is 0 Å². The van der Waals surface area contributed by atoms with Gasteiger partial charge in [0.25, 0.3) is 5.91 Å². The Labute approximate surface area is 113 Å². The van der Waals surface area contributed by atoms with E-state index >= 15 is 0 Å². The number of hydrogen-bond acceptors (Lipinski definition) is 4. The van der Waals surface area contributed by atoms with Crippen molar-refractivity contribution in [1.82, 2.24) is 5.32 Å². The molecular weight excluding hydrogens is 246 g/mol. The monoisotopic (exact) mass is 267 g/mol. The highest BCUT2D eigenvalue weighted by molar-refractivity contribution is 5.94. The Morgan fingerprint density at radius 3 is 3.16 bits per heavy atom. The van der Waals surface area contributed by atoms with Crippen LogP contribution in [0.15, 0.2) is 16.7 Å². The highest BCUT2D eigenvalue weighted by atomic mass is 16.5. The molecule has 2 heterocycles. The molecule has 1 N–H and O–H groups in total. The lowest BCUT2D eigenvalue weighted by molar-refractivity contribution is 0.0166. The number of ether oxygens (including phenoxy) is 2. The van der Waals surface area contributed by atoms with E-state index in [4.69, 9.17) is 13.9 Å². The number of hydrogen-bond donors (Lipinski definition) is 1. The summed E-state index contributed by atoms with van der Waals surface area (Å²) < 4.78 is 16.1. The Balaban J connectivity index is 1.52. The van der Waals surface area contributed by atoms with Crippen molar-refractivity contribution in [2.24, 2.45) is 0 Å². The number of carbonyl (C=O) groups is 1. The SMILES string of the molecule is Cc1occc1C(=O)NCCCOCC1CCCO1. The summed E-state index contributed by atoms with van der Waals surface area (Å²) in [5, 5.41) is 2.84. The standard InChI is InChI=1S/C14H21NO4/c1-11-13(5-9-18-11)14(16)15-6-3-7-17-10-12-4-2-8-19-12/h5,9,12H,2-4,6-8,10H2,1H3,(H,15,16). The molecule has 0 radical (unpaired) electrons. The normalized spacial score (nSPS) is 18.7. The van der Waals surface area contributed by atoms with Crippen molar-refractivity contribution in [1.29, 1.82) is 0 Å². The van der Waals surface area contributed by atoms with Gasteiger partial charge in [0.1, 0.15) is 5.76 Å². The summed E-state index contributed by atoms with van der Waals surface area (Å²) in [6.07, 6.45) is 4.82. The maximum atomic E-state index is 11.7. The molecule has 1 fully saturated rings. The second-order valence-electron chi connectivity index (χ2n) is 4.71. The van der Waals surface area contributed by atoms with Crippen molar-refractivity contribution in [2.75, 3.05) is 26.4 Å². The van der Waals surface area contributed by atoms with Crippen LogP contribution in [0.4, 0.5) is 0 Å². The largest absolute Gasteiger partial charge is 0.469 e. The zero-order valence-electron chi connectivity index (χ0n) is 11.3. The van der Waals surface area contributed by atoms with Gasteiger partial charge in [0.05, 0.1) is 24.5 Å². The van der Waals surface area contributed by atoms with Crippen molar-refractivity contribution in [3.05, 3.63) is 23.7 Å². The van der Waals surface area contributed by atoms with Gasteiger partial charge < -0.3 is 19.2 Å². The summed E-state index contributed by atoms with van der Waals surface area (Å²) in [7, 11) is 0. The lowest BCUT2D eigenvalue weighted by Crippen LogP contribution is -2.25. The lowest BCUT2D eigenvalue weighted by Gasteiger charge is -2.10. The number of aryl methyl sites for hydroxylation is 1. The molecule has 1 atom stereocenters. The van der Waals surface area contributed by atoms with E-state index < -0.39 is 0 Å². The minimum Gasteiger partial charge on any atom is -0.469 e. The van der Waals surface area contributed by atoms with Gasteiger partial charge in [-0.05, 0) is 32.3 Å². The van der Waals surface area contributed by atoms with Gasteiger partial charge in [-0.1, -0.05) is 0 Å². The van der Waals surface area contributed by atoms with E-state index in [1.165, 1.54) is 6.26 Å². The summed E-state index contributed by atoms with van der Waals surface area (Å²) >= 11 is 0. The van der Waals surface area contributed by atoms with Crippen LogP contribution in [0.3, 0.4) is 0 Å². The molecule has 106 valence electrons. The van der Waals surface area contributed by atoms with Crippen LogP contribution in [-0.4, -0.2) is 38.4 Å². The predicted molar refractivity (Wildman–Crippen MR) is 70.2 cm³/mol. The lowest BCUT2D eigenvalue weighted by atomic mass is 10.2. The van der Waals surface area contributed by atoms with Gasteiger partial charge in [0.2, 0.25) is 0 Å². The summed E-state index contributed by atoms with van der Waals surface area (Å²) in [5.74, 6) is 0.553. The topological polar surface area (TPSA) is 60.7 Å². The van der Waals surface area contributed by atoms with Crippen LogP contribution in [0.5, 0.6) is 0 Å². The fraction of sp³-hybridized carbons (Fsp3) is 0.643. The highest BCUT2D eigenvalue weighted by Gasteiger charge is 2.15. The molecule has 1 aromatic rings. The third-order valence-electron chi connectivity index (χ3n) is 3.18. The zero-order valence-corrected chi connectivity index (χ0v) is 11.3. The first-order chi connectivity index (χ1) is 9.27. The fourth-order valence-corrected chi connectivity index (χ4v) is 2.08. The third-order valence-corrected chi connectivity index (χ3v) is 3.18. The van der Waals surface area contributed by atoms with E-state index in [-0.39, 0.29) is 12.0 Å². The van der Waals surface area contributed by atoms with Gasteiger partial charge in [0.15, 0.2) is 0 Å². The molecule has 1 saturated heterocycles. The Bertz CT molecular complexity index is 396. The summed E-state index contributed by atoms with van der Waals surface area (Å²) in [6.45, 7) is 4.54. The first kappa shape index (κ1) is 14.1. The second kappa shape index (κ2) is 7.31. The van der Waals surface area contributed by atoms with Crippen molar-refractivity contribution in [2.45, 2.75) is 32.3 Å². The van der Waals surface area contributed by atoms with Crippen LogP contribution in [-0.2, 0) is 9.47 Å². The molecule has 0 aromatic carbocycles. The maximum absolute atomic E-state index is 11.7. The summed E-state index contributed by atoms with van der Waals surface area (Å²) in [5.41, 5.74) is 0.597. The Kier molecular flexibility index (Phi) is 5.42. The molecule has 0 spiro atoms. The summed E-state index contributed by atoms with van der Waals surface area (Å²) in [6, 6.07) is 1.68. The third kappa shape index (κ3) is 4.36. The van der Waals surface area contributed by atoms with E-state index in [2.05, 4.69) is 5.32 Å². The molecule has 1 amide bonds. The van der Waals surface area contributed by atoms with E-state index in [9.17, 15) is 4.79 Å². The average molecular weight is 267 g/mol. The first-order valence-electron chi connectivity index (χ1n) is 6.79. The Morgan fingerprint density at radius 1 is 1.58 bits per heavy atom. The molecule has 1 aliphatic rings. The smallest absolute Gasteiger partial charge is 0.254 e. The van der Waals surface area contributed by atoms with Crippen LogP contribution in [0, 0.1) is 6.92 Å². The van der Waals surface area contributed by atoms with E-state index in [0.717, 1.165) is 25.9 Å². The number of rotatable bonds is 7. The van der Waals surface area contributed by atoms with E-state index in [1.807, 2.05) is 0 Å². The number of nitrogens with one attached hydrogen (secondary N) is 1. The molecule has 2 rings (SSSR count). The van der Waals surface area contributed by atoms with Crippen molar-refractivity contribution in [3.63, 3.8) is 0 Å². The molecule has 0 bridgehead atoms. The van der Waals surface area contributed by atoms with E-state index in [0.29, 0.717) is 31.1 Å². The molecule has 19 heavy (non-hydrogen) atoms. The van der Waals surface area contributed by atoms with Crippen LogP contribution in [0.2, 0.25) is 0 Å². The van der Waals surface area contributed by atoms with E-state index in [1.54, 1.807) is 13.0 Å². The van der Waals surface area contributed by atoms with Crippen LogP contribution in [0.25, 0.3) is 0 Å². The zero-order chi connectivity index (χ0) is 13.5. The molecule has 5 heteroatoms.